The first-order valence-corrected chi connectivity index (χ1v) is 9.74. The molecule has 0 radical (unpaired) electrons. The number of ether oxygens (including phenoxy) is 1. The average Bonchev–Trinajstić information content (AvgIpc) is 3.08. The van der Waals surface area contributed by atoms with Gasteiger partial charge >= 0.3 is 0 Å². The molecule has 3 aromatic rings. The van der Waals surface area contributed by atoms with Gasteiger partial charge in [0.1, 0.15) is 18.2 Å². The molecule has 150 valence electrons. The Morgan fingerprint density at radius 1 is 1.24 bits per heavy atom. The van der Waals surface area contributed by atoms with Crippen LogP contribution in [0.2, 0.25) is 0 Å². The highest BCUT2D eigenvalue weighted by Gasteiger charge is 2.18. The highest BCUT2D eigenvalue weighted by atomic mass is 16.5. The van der Waals surface area contributed by atoms with Crippen LogP contribution in [0.15, 0.2) is 73.3 Å². The molecule has 1 aromatic heterocycles. The molecule has 1 atom stereocenters. The maximum atomic E-state index is 12.1. The number of hydrogen-bond acceptors (Lipinski definition) is 3. The van der Waals surface area contributed by atoms with E-state index in [2.05, 4.69) is 23.0 Å². The Morgan fingerprint density at radius 3 is 2.72 bits per heavy atom. The summed E-state index contributed by atoms with van der Waals surface area (Å²) in [5.41, 5.74) is 3.50. The summed E-state index contributed by atoms with van der Waals surface area (Å²) in [7, 11) is 0. The van der Waals surface area contributed by atoms with Gasteiger partial charge in [-0.25, -0.2) is 4.98 Å². The zero-order valence-corrected chi connectivity index (χ0v) is 17.0. The Labute approximate surface area is 171 Å². The van der Waals surface area contributed by atoms with Gasteiger partial charge in [0.05, 0.1) is 23.6 Å². The molecule has 1 N–H and O–H groups in total. The Kier molecular flexibility index (Phi) is 6.50. The number of nitrogens with one attached hydrogen (secondary N) is 1. The lowest BCUT2D eigenvalue weighted by atomic mass is 10.1. The lowest BCUT2D eigenvalue weighted by Gasteiger charge is -2.17. The van der Waals surface area contributed by atoms with E-state index >= 15 is 0 Å². The Morgan fingerprint density at radius 2 is 1.97 bits per heavy atom. The van der Waals surface area contributed by atoms with E-state index in [4.69, 9.17) is 9.72 Å². The summed E-state index contributed by atoms with van der Waals surface area (Å²) in [4.78, 5) is 16.8. The van der Waals surface area contributed by atoms with E-state index < -0.39 is 0 Å². The fourth-order valence-electron chi connectivity index (χ4n) is 3.26. The van der Waals surface area contributed by atoms with Crippen LogP contribution in [0.4, 0.5) is 0 Å². The molecule has 0 aliphatic rings. The third-order valence-corrected chi connectivity index (χ3v) is 4.72. The molecule has 5 heteroatoms. The van der Waals surface area contributed by atoms with Crippen molar-refractivity contribution >= 4 is 16.9 Å². The molecule has 0 fully saturated rings. The number of carbonyl (C=O) groups is 1. The molecule has 1 amide bonds. The van der Waals surface area contributed by atoms with E-state index in [9.17, 15) is 4.79 Å². The van der Waals surface area contributed by atoms with E-state index in [1.54, 1.807) is 6.92 Å². The first-order valence-electron chi connectivity index (χ1n) is 9.74. The second-order valence-corrected chi connectivity index (χ2v) is 7.03. The molecule has 0 saturated carbocycles. The highest BCUT2D eigenvalue weighted by Crippen LogP contribution is 2.22. The van der Waals surface area contributed by atoms with Crippen molar-refractivity contribution in [2.45, 2.75) is 32.9 Å². The molecular formula is C24H27N3O2. The van der Waals surface area contributed by atoms with Gasteiger partial charge in [-0.3, -0.25) is 4.79 Å². The van der Waals surface area contributed by atoms with Gasteiger partial charge in [-0.15, -0.1) is 6.58 Å². The molecular weight excluding hydrogens is 362 g/mol. The van der Waals surface area contributed by atoms with Crippen LogP contribution in [-0.2, 0) is 17.8 Å². The van der Waals surface area contributed by atoms with Crippen LogP contribution in [0.25, 0.3) is 11.0 Å². The summed E-state index contributed by atoms with van der Waals surface area (Å²) >= 11 is 0. The van der Waals surface area contributed by atoms with E-state index in [1.165, 1.54) is 0 Å². The first-order chi connectivity index (χ1) is 14.0. The maximum absolute atomic E-state index is 12.1. The number of carbonyl (C=O) groups excluding carboxylic acids is 1. The van der Waals surface area contributed by atoms with Crippen LogP contribution in [0.3, 0.4) is 0 Å². The fourth-order valence-corrected chi connectivity index (χ4v) is 3.26. The molecule has 1 heterocycles. The predicted molar refractivity (Wildman–Crippen MR) is 117 cm³/mol. The number of allylic oxidation sites excluding steroid dienone is 1. The molecule has 0 aliphatic carbocycles. The van der Waals surface area contributed by atoms with Crippen molar-refractivity contribution in [3.8, 4) is 5.75 Å². The number of hydrogen-bond donors (Lipinski definition) is 1. The number of nitrogens with zero attached hydrogens (tertiary/aromatic N) is 2. The monoisotopic (exact) mass is 389 g/mol. The number of fused-ring (bicyclic) bond motifs is 1. The minimum absolute atomic E-state index is 0.175. The second-order valence-electron chi connectivity index (χ2n) is 7.03. The average molecular weight is 389 g/mol. The fraction of sp³-hybridized carbons (Fsp3) is 0.250. The Hall–Kier alpha value is -3.34. The normalized spacial score (nSPS) is 11.8. The van der Waals surface area contributed by atoms with Crippen LogP contribution in [0, 0.1) is 0 Å². The van der Waals surface area contributed by atoms with Gasteiger partial charge < -0.3 is 14.6 Å². The van der Waals surface area contributed by atoms with Crippen LogP contribution in [-0.4, -0.2) is 22.1 Å². The van der Waals surface area contributed by atoms with Gasteiger partial charge in [-0.1, -0.05) is 43.0 Å². The number of imidazole rings is 1. The summed E-state index contributed by atoms with van der Waals surface area (Å²) in [6.07, 6.45) is 2.63. The Bertz CT molecular complexity index is 1040. The number of rotatable bonds is 9. The molecule has 3 rings (SSSR count). The smallest absolute Gasteiger partial charge is 0.246 e. The third-order valence-electron chi connectivity index (χ3n) is 4.72. The van der Waals surface area contributed by atoms with Crippen molar-refractivity contribution in [3.63, 3.8) is 0 Å². The van der Waals surface area contributed by atoms with Gasteiger partial charge in [0, 0.05) is 5.57 Å². The topological polar surface area (TPSA) is 56.1 Å². The molecule has 0 saturated heterocycles. The van der Waals surface area contributed by atoms with Gasteiger partial charge in [-0.05, 0) is 44.0 Å². The first kappa shape index (κ1) is 20.4. The summed E-state index contributed by atoms with van der Waals surface area (Å²) in [6.45, 7) is 12.2. The predicted octanol–water partition coefficient (Wildman–Crippen LogP) is 4.60. The molecule has 0 spiro atoms. The molecule has 0 bridgehead atoms. The van der Waals surface area contributed by atoms with Gasteiger partial charge in [0.15, 0.2) is 0 Å². The van der Waals surface area contributed by atoms with Crippen LogP contribution in [0.5, 0.6) is 5.75 Å². The minimum atomic E-state index is -0.250. The van der Waals surface area contributed by atoms with E-state index in [1.807, 2.05) is 61.5 Å². The number of para-hydroxylation sites is 3. The van der Waals surface area contributed by atoms with E-state index in [0.29, 0.717) is 18.7 Å². The van der Waals surface area contributed by atoms with E-state index in [-0.39, 0.29) is 11.9 Å². The summed E-state index contributed by atoms with van der Waals surface area (Å²) in [6, 6.07) is 15.7. The minimum Gasteiger partial charge on any atom is -0.491 e. The third kappa shape index (κ3) is 4.74. The van der Waals surface area contributed by atoms with Crippen molar-refractivity contribution in [2.75, 3.05) is 6.61 Å². The number of amides is 1. The molecule has 0 aliphatic heterocycles. The quantitative estimate of drug-likeness (QED) is 0.430. The molecule has 29 heavy (non-hydrogen) atoms. The maximum Gasteiger partial charge on any atom is 0.246 e. The standard InChI is InChI=1S/C24H27N3O2/c1-5-10-19-11-6-9-14-22(19)29-16-15-27-21-13-8-7-12-20(21)26-23(27)18(4)25-24(28)17(2)3/h5-9,11-14,18H,1-2,10,15-16H2,3-4H3,(H,25,28). The van der Waals surface area contributed by atoms with Gasteiger partial charge in [0.25, 0.3) is 0 Å². The van der Waals surface area contributed by atoms with Crippen LogP contribution >= 0.6 is 0 Å². The molecule has 2 aromatic carbocycles. The van der Waals surface area contributed by atoms with E-state index in [0.717, 1.165) is 34.6 Å². The van der Waals surface area contributed by atoms with Crippen molar-refractivity contribution in [1.29, 1.82) is 0 Å². The summed E-state index contributed by atoms with van der Waals surface area (Å²) in [5, 5.41) is 2.96. The van der Waals surface area contributed by atoms with Gasteiger partial charge in [-0.2, -0.15) is 0 Å². The number of aromatic nitrogens is 2. The SMILES string of the molecule is C=CCc1ccccc1OCCn1c(C(C)NC(=O)C(=C)C)nc2ccccc21. The number of benzene rings is 2. The largest absolute Gasteiger partial charge is 0.491 e. The van der Waals surface area contributed by atoms with Crippen molar-refractivity contribution in [1.82, 2.24) is 14.9 Å². The molecule has 5 nitrogen and oxygen atoms in total. The Balaban J connectivity index is 1.82. The zero-order chi connectivity index (χ0) is 20.8. The second kappa shape index (κ2) is 9.24. The van der Waals surface area contributed by atoms with Crippen molar-refractivity contribution < 1.29 is 9.53 Å². The van der Waals surface area contributed by atoms with Crippen molar-refractivity contribution in [2.24, 2.45) is 0 Å². The lowest BCUT2D eigenvalue weighted by molar-refractivity contribution is -0.118. The molecule has 1 unspecified atom stereocenters. The highest BCUT2D eigenvalue weighted by molar-refractivity contribution is 5.92. The summed E-state index contributed by atoms with van der Waals surface area (Å²) in [5.74, 6) is 1.48. The van der Waals surface area contributed by atoms with Crippen molar-refractivity contribution in [3.05, 3.63) is 84.7 Å². The van der Waals surface area contributed by atoms with Gasteiger partial charge in [0.2, 0.25) is 5.91 Å². The summed E-state index contributed by atoms with van der Waals surface area (Å²) < 4.78 is 8.17. The van der Waals surface area contributed by atoms with Crippen LogP contribution in [0.1, 0.15) is 31.3 Å². The lowest BCUT2D eigenvalue weighted by Crippen LogP contribution is -2.29. The zero-order valence-electron chi connectivity index (χ0n) is 17.0. The van der Waals surface area contributed by atoms with Crippen LogP contribution < -0.4 is 10.1 Å².